The van der Waals surface area contributed by atoms with Crippen LogP contribution in [-0.4, -0.2) is 78.5 Å². The number of carbonyl (C=O) groups excluding carboxylic acids is 1. The van der Waals surface area contributed by atoms with Crippen LogP contribution >= 0.6 is 0 Å². The highest BCUT2D eigenvalue weighted by molar-refractivity contribution is 5.96. The Kier molecular flexibility index (Phi) is 7.61. The Hall–Kier alpha value is -3.68. The second-order valence-electron chi connectivity index (χ2n) is 10.9. The number of anilines is 2. The number of likely N-dealkylation sites (N-methyl/N-ethyl adjacent to an activating group) is 1. The van der Waals surface area contributed by atoms with Gasteiger partial charge in [-0.2, -0.15) is 0 Å². The molecule has 0 unspecified atom stereocenters. The Bertz CT molecular complexity index is 1400. The number of nitrogens with one attached hydrogen (secondary N) is 2. The van der Waals surface area contributed by atoms with Gasteiger partial charge < -0.3 is 25.0 Å². The van der Waals surface area contributed by atoms with Crippen LogP contribution in [-0.2, 0) is 4.79 Å². The number of piperazine rings is 1. The number of rotatable bonds is 8. The number of aromatic amines is 1. The highest BCUT2D eigenvalue weighted by Gasteiger charge is 2.15. The van der Waals surface area contributed by atoms with Gasteiger partial charge in [-0.15, -0.1) is 0 Å². The highest BCUT2D eigenvalue weighted by Crippen LogP contribution is 2.32. The average molecular weight is 523 g/mol. The van der Waals surface area contributed by atoms with Gasteiger partial charge >= 0.3 is 0 Å². The lowest BCUT2D eigenvalue weighted by atomic mass is 10.0. The summed E-state index contributed by atoms with van der Waals surface area (Å²) in [6, 6.07) is 19.2. The molecule has 7 nitrogen and oxygen atoms in total. The molecule has 2 N–H and O–H groups in total. The summed E-state index contributed by atoms with van der Waals surface area (Å²) in [5, 5.41) is 4.15. The summed E-state index contributed by atoms with van der Waals surface area (Å²) >= 11 is 0. The molecule has 0 radical (unpaired) electrons. The monoisotopic (exact) mass is 522 g/mol. The molecule has 2 aromatic carbocycles. The molecular formula is C32H38N6O. The SMILES string of the molecule is CN1CCN(c2ccc(-c3cnc4[nH]cc(-c5ccc(NC(=O)CCCN6CCCC6)cc5)c4c3)cc2)CC1. The Morgan fingerprint density at radius 2 is 1.62 bits per heavy atom. The number of hydrogen-bond acceptors (Lipinski definition) is 5. The Labute approximate surface area is 230 Å². The minimum Gasteiger partial charge on any atom is -0.369 e. The van der Waals surface area contributed by atoms with E-state index in [2.05, 4.69) is 74.5 Å². The molecule has 0 bridgehead atoms. The van der Waals surface area contributed by atoms with Crippen LogP contribution in [0.2, 0.25) is 0 Å². The van der Waals surface area contributed by atoms with Crippen molar-refractivity contribution in [3.63, 3.8) is 0 Å². The van der Waals surface area contributed by atoms with Crippen LogP contribution in [0.15, 0.2) is 67.0 Å². The fourth-order valence-corrected chi connectivity index (χ4v) is 5.76. The van der Waals surface area contributed by atoms with Gasteiger partial charge in [0.15, 0.2) is 0 Å². The molecular weight excluding hydrogens is 484 g/mol. The first-order valence-electron chi connectivity index (χ1n) is 14.3. The van der Waals surface area contributed by atoms with Crippen LogP contribution in [0.5, 0.6) is 0 Å². The maximum absolute atomic E-state index is 12.4. The first kappa shape index (κ1) is 25.6. The zero-order chi connectivity index (χ0) is 26.6. The molecule has 0 aliphatic carbocycles. The molecule has 2 aromatic heterocycles. The molecule has 0 atom stereocenters. The Morgan fingerprint density at radius 3 is 2.36 bits per heavy atom. The number of likely N-dealkylation sites (tertiary alicyclic amines) is 1. The lowest BCUT2D eigenvalue weighted by molar-refractivity contribution is -0.116. The fraction of sp³-hybridized carbons (Fsp3) is 0.375. The van der Waals surface area contributed by atoms with E-state index in [4.69, 9.17) is 4.98 Å². The maximum atomic E-state index is 12.4. The molecule has 1 amide bonds. The van der Waals surface area contributed by atoms with Crippen LogP contribution in [0.1, 0.15) is 25.7 Å². The number of nitrogens with zero attached hydrogens (tertiary/aromatic N) is 4. The van der Waals surface area contributed by atoms with Gasteiger partial charge in [0.1, 0.15) is 5.65 Å². The smallest absolute Gasteiger partial charge is 0.224 e. The van der Waals surface area contributed by atoms with Crippen LogP contribution < -0.4 is 10.2 Å². The minimum absolute atomic E-state index is 0.0847. The van der Waals surface area contributed by atoms with Gasteiger partial charge in [-0.05, 0) is 87.4 Å². The van der Waals surface area contributed by atoms with E-state index in [1.165, 1.54) is 31.6 Å². The maximum Gasteiger partial charge on any atom is 0.224 e. The third-order valence-corrected chi connectivity index (χ3v) is 8.16. The molecule has 39 heavy (non-hydrogen) atoms. The Morgan fingerprint density at radius 1 is 0.897 bits per heavy atom. The summed E-state index contributed by atoms with van der Waals surface area (Å²) in [6.45, 7) is 7.71. The molecule has 202 valence electrons. The minimum atomic E-state index is 0.0847. The predicted octanol–water partition coefficient (Wildman–Crippen LogP) is 5.46. The standard InChI is InChI=1S/C32H38N6O/c1-36-17-19-38(20-18-36)28-12-8-24(9-13-28)26-21-29-30(23-34-32(29)33-22-26)25-6-10-27(11-7-25)35-31(39)5-4-16-37-14-2-3-15-37/h6-13,21-23H,2-5,14-20H2,1H3,(H,33,34)(H,35,39). The fourth-order valence-electron chi connectivity index (χ4n) is 5.76. The number of hydrogen-bond donors (Lipinski definition) is 2. The molecule has 4 heterocycles. The van der Waals surface area contributed by atoms with Crippen molar-refractivity contribution in [2.75, 3.05) is 63.1 Å². The third kappa shape index (κ3) is 6.00. The van der Waals surface area contributed by atoms with E-state index in [1.54, 1.807) is 0 Å². The van der Waals surface area contributed by atoms with Crippen molar-refractivity contribution in [2.45, 2.75) is 25.7 Å². The summed E-state index contributed by atoms with van der Waals surface area (Å²) in [4.78, 5) is 27.7. The van der Waals surface area contributed by atoms with E-state index in [1.807, 2.05) is 24.5 Å². The molecule has 2 fully saturated rings. The lowest BCUT2D eigenvalue weighted by Gasteiger charge is -2.34. The zero-order valence-electron chi connectivity index (χ0n) is 22.8. The van der Waals surface area contributed by atoms with Gasteiger partial charge in [0.2, 0.25) is 5.91 Å². The van der Waals surface area contributed by atoms with Gasteiger partial charge in [0, 0.05) is 72.9 Å². The second kappa shape index (κ2) is 11.6. The van der Waals surface area contributed by atoms with Crippen LogP contribution in [0.4, 0.5) is 11.4 Å². The summed E-state index contributed by atoms with van der Waals surface area (Å²) in [5.74, 6) is 0.0847. The highest BCUT2D eigenvalue weighted by atomic mass is 16.1. The first-order chi connectivity index (χ1) is 19.1. The van der Waals surface area contributed by atoms with Gasteiger partial charge in [0.05, 0.1) is 0 Å². The van der Waals surface area contributed by atoms with Crippen LogP contribution in [0.3, 0.4) is 0 Å². The molecule has 2 aliphatic heterocycles. The topological polar surface area (TPSA) is 67.5 Å². The third-order valence-electron chi connectivity index (χ3n) is 8.16. The van der Waals surface area contributed by atoms with E-state index in [9.17, 15) is 4.79 Å². The van der Waals surface area contributed by atoms with E-state index in [-0.39, 0.29) is 5.91 Å². The molecule has 7 heteroatoms. The number of pyridine rings is 1. The average Bonchev–Trinajstić information content (AvgIpc) is 3.64. The normalized spacial score (nSPS) is 16.7. The van der Waals surface area contributed by atoms with Gasteiger partial charge in [-0.25, -0.2) is 4.98 Å². The van der Waals surface area contributed by atoms with Crippen LogP contribution in [0.25, 0.3) is 33.3 Å². The van der Waals surface area contributed by atoms with E-state index >= 15 is 0 Å². The van der Waals surface area contributed by atoms with Crippen molar-refractivity contribution >= 4 is 28.3 Å². The summed E-state index contributed by atoms with van der Waals surface area (Å²) in [7, 11) is 2.18. The Balaban J connectivity index is 1.12. The molecule has 2 saturated heterocycles. The van der Waals surface area contributed by atoms with E-state index in [0.29, 0.717) is 6.42 Å². The number of fused-ring (bicyclic) bond motifs is 1. The zero-order valence-corrected chi connectivity index (χ0v) is 22.8. The number of benzene rings is 2. The van der Waals surface area contributed by atoms with Gasteiger partial charge in [-0.3, -0.25) is 4.79 Å². The van der Waals surface area contributed by atoms with Crippen molar-refractivity contribution in [3.8, 4) is 22.3 Å². The summed E-state index contributed by atoms with van der Waals surface area (Å²) in [6.07, 6.45) is 8.01. The van der Waals surface area contributed by atoms with Crippen molar-refractivity contribution in [1.29, 1.82) is 0 Å². The van der Waals surface area contributed by atoms with Gasteiger partial charge in [0.25, 0.3) is 0 Å². The van der Waals surface area contributed by atoms with E-state index < -0.39 is 0 Å². The first-order valence-corrected chi connectivity index (χ1v) is 14.3. The molecule has 6 rings (SSSR count). The van der Waals surface area contributed by atoms with Crippen molar-refractivity contribution in [1.82, 2.24) is 19.8 Å². The molecule has 0 spiro atoms. The lowest BCUT2D eigenvalue weighted by Crippen LogP contribution is -2.44. The number of H-pyrrole nitrogens is 1. The number of carbonyl (C=O) groups is 1. The second-order valence-corrected chi connectivity index (χ2v) is 10.9. The van der Waals surface area contributed by atoms with Crippen molar-refractivity contribution in [3.05, 3.63) is 67.0 Å². The quantitative estimate of drug-likeness (QED) is 0.322. The van der Waals surface area contributed by atoms with Gasteiger partial charge in [-0.1, -0.05) is 24.3 Å². The molecule has 2 aliphatic rings. The van der Waals surface area contributed by atoms with Crippen LogP contribution in [0, 0.1) is 0 Å². The van der Waals surface area contributed by atoms with Crippen molar-refractivity contribution in [2.24, 2.45) is 0 Å². The van der Waals surface area contributed by atoms with Crippen molar-refractivity contribution < 1.29 is 4.79 Å². The molecule has 4 aromatic rings. The summed E-state index contributed by atoms with van der Waals surface area (Å²) in [5.41, 5.74) is 7.46. The number of amides is 1. The predicted molar refractivity (Wildman–Crippen MR) is 160 cm³/mol. The number of aromatic nitrogens is 2. The molecule has 0 saturated carbocycles. The van der Waals surface area contributed by atoms with E-state index in [0.717, 1.165) is 78.1 Å². The largest absolute Gasteiger partial charge is 0.369 e. The summed E-state index contributed by atoms with van der Waals surface area (Å²) < 4.78 is 0.